The molecule has 1 aromatic rings. The lowest BCUT2D eigenvalue weighted by atomic mass is 9.82. The number of hydrogen-bond donors (Lipinski definition) is 7. The topological polar surface area (TPSA) is 206 Å². The zero-order chi connectivity index (χ0) is 45.9. The number of rotatable bonds is 12. The number of carbonyl (C=O) groups excluding carboxylic acids is 6. The number of nitrogens with zero attached hydrogens (tertiary/aromatic N) is 4. The number of fused-ring (bicyclic) bond motifs is 1. The van der Waals surface area contributed by atoms with Crippen LogP contribution in [0, 0.1) is 22.7 Å². The van der Waals surface area contributed by atoms with Gasteiger partial charge in [0.1, 0.15) is 36.5 Å². The summed E-state index contributed by atoms with van der Waals surface area (Å²) >= 11 is 4.09. The van der Waals surface area contributed by atoms with Crippen LogP contribution in [-0.4, -0.2) is 133 Å². The lowest BCUT2D eigenvalue weighted by molar-refractivity contribution is -0.140. The molecule has 3 unspecified atom stereocenters. The van der Waals surface area contributed by atoms with Crippen molar-refractivity contribution < 1.29 is 28.8 Å². The number of amidine groups is 1. The van der Waals surface area contributed by atoms with Crippen LogP contribution >= 0.6 is 12.6 Å². The van der Waals surface area contributed by atoms with Crippen LogP contribution < -0.4 is 31.9 Å². The first-order valence-electron chi connectivity index (χ1n) is 21.8. The van der Waals surface area contributed by atoms with Crippen LogP contribution in [0.15, 0.2) is 51.9 Å². The van der Waals surface area contributed by atoms with E-state index in [1.54, 1.807) is 4.90 Å². The maximum atomic E-state index is 14.9. The van der Waals surface area contributed by atoms with Gasteiger partial charge in [0.15, 0.2) is 0 Å². The predicted molar refractivity (Wildman–Crippen MR) is 246 cm³/mol. The Morgan fingerprint density at radius 1 is 0.935 bits per heavy atom. The summed E-state index contributed by atoms with van der Waals surface area (Å²) in [4.78, 5) is 96.9. The molecule has 0 aromatic heterocycles. The second-order valence-electron chi connectivity index (χ2n) is 19.2. The largest absolute Gasteiger partial charge is 0.360 e. The van der Waals surface area contributed by atoms with Crippen LogP contribution in [0.1, 0.15) is 93.6 Å². The Hall–Kier alpha value is -4.77. The fourth-order valence-electron chi connectivity index (χ4n) is 8.05. The van der Waals surface area contributed by atoms with Gasteiger partial charge in [-0.3, -0.25) is 38.8 Å². The van der Waals surface area contributed by atoms with E-state index in [4.69, 9.17) is 4.99 Å². The van der Waals surface area contributed by atoms with Crippen molar-refractivity contribution in [3.8, 4) is 0 Å². The van der Waals surface area contributed by atoms with Gasteiger partial charge in [0, 0.05) is 51.1 Å². The van der Waals surface area contributed by atoms with E-state index >= 15 is 0 Å². The Kier molecular flexibility index (Phi) is 17.7. The van der Waals surface area contributed by atoms with Gasteiger partial charge in [0.25, 0.3) is 0 Å². The molecule has 0 saturated carbocycles. The van der Waals surface area contributed by atoms with Crippen molar-refractivity contribution in [1.82, 2.24) is 41.7 Å². The molecule has 2 saturated heterocycles. The van der Waals surface area contributed by atoms with Crippen molar-refractivity contribution in [2.24, 2.45) is 32.7 Å². The number of aliphatic imine (C=N–C) groups is 2. The van der Waals surface area contributed by atoms with Crippen molar-refractivity contribution in [2.45, 2.75) is 124 Å². The van der Waals surface area contributed by atoms with E-state index in [1.807, 2.05) is 99.6 Å². The van der Waals surface area contributed by atoms with Gasteiger partial charge in [-0.15, -0.1) is 12.6 Å². The molecule has 3 aliphatic heterocycles. The van der Waals surface area contributed by atoms with Gasteiger partial charge in [0.05, 0.1) is 18.5 Å². The van der Waals surface area contributed by atoms with Gasteiger partial charge in [-0.25, -0.2) is 0 Å². The summed E-state index contributed by atoms with van der Waals surface area (Å²) < 4.78 is 0. The molecule has 17 heteroatoms. The van der Waals surface area contributed by atoms with E-state index in [-0.39, 0.29) is 48.4 Å². The molecule has 0 spiro atoms. The third-order valence-electron chi connectivity index (χ3n) is 11.8. The summed E-state index contributed by atoms with van der Waals surface area (Å²) in [6.07, 6.45) is 3.51. The highest BCUT2D eigenvalue weighted by Crippen LogP contribution is 2.28. The highest BCUT2D eigenvalue weighted by atomic mass is 32.1. The molecule has 16 nitrogen and oxygen atoms in total. The number of piperazine rings is 1. The molecule has 4 rings (SSSR count). The highest BCUT2D eigenvalue weighted by Gasteiger charge is 2.44. The third kappa shape index (κ3) is 13.4. The highest BCUT2D eigenvalue weighted by molar-refractivity contribution is 7.83. The van der Waals surface area contributed by atoms with Crippen LogP contribution in [0.3, 0.4) is 0 Å². The number of carbonyl (C=O) groups is 6. The summed E-state index contributed by atoms with van der Waals surface area (Å²) in [5.41, 5.74) is -0.709. The molecule has 6 amide bonds. The van der Waals surface area contributed by atoms with E-state index < -0.39 is 70.7 Å². The number of benzene rings is 1. The predicted octanol–water partition coefficient (Wildman–Crippen LogP) is 2.38. The van der Waals surface area contributed by atoms with Crippen LogP contribution in [0.4, 0.5) is 0 Å². The van der Waals surface area contributed by atoms with E-state index in [2.05, 4.69) is 49.5 Å². The Morgan fingerprint density at radius 3 is 2.19 bits per heavy atom. The number of hydrogen-bond acceptors (Lipinski definition) is 11. The second kappa shape index (κ2) is 22.0. The maximum absolute atomic E-state index is 14.9. The minimum atomic E-state index is -1.12. The zero-order valence-electron chi connectivity index (χ0n) is 38.2. The molecular weight excluding hydrogens is 809 g/mol. The monoisotopic (exact) mass is 879 g/mol. The van der Waals surface area contributed by atoms with Gasteiger partial charge in [-0.05, 0) is 40.1 Å². The fourth-order valence-corrected chi connectivity index (χ4v) is 8.13. The first kappa shape index (κ1) is 49.9. The van der Waals surface area contributed by atoms with Crippen molar-refractivity contribution in [2.75, 3.05) is 39.3 Å². The standard InChI is InChI=1S/C45H70N10O6S/c1-27(2)34-40(58)53-37(44(5,6)7)39(48-26-33(57)55-20-16-28(3)36(55)42(60)50-34)52-38(45(8,9)10)43(61)51-35(29(4)30-14-12-11-13-15-30)41(59)49-31(25-47-19-23-62)24-32(56)54-21-17-46-18-22-54/h11-15,19,23,25,27-29,31,34-38,46,62H,16-18,20-22,24,26H2,1-10H3,(H,48,52)(H,49,59)(H,50,60)(H,51,61)(H,53,58)/b23-19-,47-25?/t28-,29+,31-,34+,35?,36+,37?,38?/m1/s1. The zero-order valence-corrected chi connectivity index (χ0v) is 39.1. The quantitative estimate of drug-likeness (QED) is 0.122. The van der Waals surface area contributed by atoms with Gasteiger partial charge < -0.3 is 41.7 Å². The summed E-state index contributed by atoms with van der Waals surface area (Å²) in [5.74, 6) is -3.06. The SMILES string of the molecule is CC(C)[C@@H]1NC(=O)[C@@H]2[C@H](C)CCN2C(=O)CN=C(NC(C(=O)NC(C(=O)N[C@@H](C=N/C=C\S)CC(=O)N2CCNCC2)[C@@H](C)c2ccccc2)C(C)(C)C)C(C(C)(C)C)NC1=O. The summed E-state index contributed by atoms with van der Waals surface area (Å²) in [6, 6.07) is 3.88. The van der Waals surface area contributed by atoms with Crippen molar-refractivity contribution >= 4 is 60.1 Å². The number of amides is 6. The van der Waals surface area contributed by atoms with Gasteiger partial charge in [0.2, 0.25) is 35.4 Å². The molecule has 0 aliphatic carbocycles. The smallest absolute Gasteiger partial charge is 0.244 e. The Bertz CT molecular complexity index is 1840. The first-order valence-corrected chi connectivity index (χ1v) is 22.3. The minimum Gasteiger partial charge on any atom is -0.360 e. The lowest BCUT2D eigenvalue weighted by Gasteiger charge is -2.39. The fraction of sp³-hybridized carbons (Fsp3) is 0.644. The first-order chi connectivity index (χ1) is 29.1. The van der Waals surface area contributed by atoms with E-state index in [0.29, 0.717) is 39.1 Å². The number of thiol groups is 1. The van der Waals surface area contributed by atoms with Crippen molar-refractivity contribution in [3.05, 3.63) is 47.5 Å². The summed E-state index contributed by atoms with van der Waals surface area (Å²) in [7, 11) is 0. The van der Waals surface area contributed by atoms with E-state index in [0.717, 1.165) is 5.56 Å². The van der Waals surface area contributed by atoms with E-state index in [9.17, 15) is 28.8 Å². The molecule has 2 fully saturated rings. The summed E-state index contributed by atoms with van der Waals surface area (Å²) in [5, 5.41) is 20.1. The Morgan fingerprint density at radius 2 is 1.60 bits per heavy atom. The van der Waals surface area contributed by atoms with Gasteiger partial charge in [-0.1, -0.05) is 99.6 Å². The minimum absolute atomic E-state index is 0.0426. The van der Waals surface area contributed by atoms with Crippen LogP contribution in [0.25, 0.3) is 0 Å². The molecule has 3 aliphatic rings. The molecule has 1 aromatic carbocycles. The average Bonchev–Trinajstić information content (AvgIpc) is 3.61. The lowest BCUT2D eigenvalue weighted by Crippen LogP contribution is -2.65. The van der Waals surface area contributed by atoms with Gasteiger partial charge in [-0.2, -0.15) is 0 Å². The molecule has 0 radical (unpaired) electrons. The van der Waals surface area contributed by atoms with Crippen molar-refractivity contribution in [3.63, 3.8) is 0 Å². The Balaban J connectivity index is 1.73. The third-order valence-corrected chi connectivity index (χ3v) is 11.9. The Labute approximate surface area is 373 Å². The number of nitrogens with one attached hydrogen (secondary N) is 6. The second-order valence-corrected chi connectivity index (χ2v) is 19.5. The molecule has 6 N–H and O–H groups in total. The summed E-state index contributed by atoms with van der Waals surface area (Å²) in [6.45, 7) is 21.3. The molecule has 342 valence electrons. The average molecular weight is 879 g/mol. The van der Waals surface area contributed by atoms with Crippen LogP contribution in [0.5, 0.6) is 0 Å². The van der Waals surface area contributed by atoms with Crippen molar-refractivity contribution in [1.29, 1.82) is 0 Å². The maximum Gasteiger partial charge on any atom is 0.244 e. The van der Waals surface area contributed by atoms with Gasteiger partial charge >= 0.3 is 0 Å². The molecule has 8 atom stereocenters. The molecule has 62 heavy (non-hydrogen) atoms. The molecule has 3 heterocycles. The normalized spacial score (nSPS) is 23.9. The molecule has 0 bridgehead atoms. The van der Waals surface area contributed by atoms with Crippen LogP contribution in [0.2, 0.25) is 0 Å². The van der Waals surface area contributed by atoms with E-state index in [1.165, 1.54) is 22.7 Å². The van der Waals surface area contributed by atoms with Crippen LogP contribution in [-0.2, 0) is 28.8 Å². The molecular formula is C45H70N10O6S.